The Morgan fingerprint density at radius 3 is 3.10 bits per heavy atom. The van der Waals surface area contributed by atoms with Gasteiger partial charge in [-0.25, -0.2) is 4.98 Å². The molecule has 0 fully saturated rings. The minimum atomic E-state index is 0.0181. The standard InChI is InChI=1S/C14H17N5O/c1-19-5-4-17-13(19)2-3-16-12-8-11-9(6-10(12)15)7-14(20)18-11/h4-6,8,16H,2-3,7,15H2,1H3,(H,18,20). The molecule has 20 heavy (non-hydrogen) atoms. The number of nitrogens with one attached hydrogen (secondary N) is 2. The van der Waals surface area contributed by atoms with E-state index in [-0.39, 0.29) is 5.91 Å². The number of carbonyl (C=O) groups excluding carboxylic acids is 1. The van der Waals surface area contributed by atoms with Crippen LogP contribution in [0.25, 0.3) is 0 Å². The molecule has 0 atom stereocenters. The lowest BCUT2D eigenvalue weighted by Crippen LogP contribution is -2.10. The topological polar surface area (TPSA) is 85.0 Å². The Bertz CT molecular complexity index is 662. The van der Waals surface area contributed by atoms with Gasteiger partial charge in [0.2, 0.25) is 5.91 Å². The molecule has 0 radical (unpaired) electrons. The molecule has 6 nitrogen and oxygen atoms in total. The van der Waals surface area contributed by atoms with Crippen LogP contribution in [0.3, 0.4) is 0 Å². The molecule has 0 saturated carbocycles. The highest BCUT2D eigenvalue weighted by molar-refractivity contribution is 6.00. The molecule has 6 heteroatoms. The lowest BCUT2D eigenvalue weighted by molar-refractivity contribution is -0.115. The second kappa shape index (κ2) is 4.88. The molecule has 4 N–H and O–H groups in total. The van der Waals surface area contributed by atoms with Gasteiger partial charge in [0.1, 0.15) is 5.82 Å². The molecule has 0 aliphatic carbocycles. The normalized spacial score (nSPS) is 13.2. The van der Waals surface area contributed by atoms with Gasteiger partial charge in [-0.3, -0.25) is 4.79 Å². The van der Waals surface area contributed by atoms with Crippen LogP contribution in [0.5, 0.6) is 0 Å². The first-order chi connectivity index (χ1) is 9.63. The number of aromatic nitrogens is 2. The Hall–Kier alpha value is -2.50. The summed E-state index contributed by atoms with van der Waals surface area (Å²) in [6, 6.07) is 3.75. The molecule has 0 bridgehead atoms. The monoisotopic (exact) mass is 271 g/mol. The van der Waals surface area contributed by atoms with Gasteiger partial charge >= 0.3 is 0 Å². The van der Waals surface area contributed by atoms with Crippen LogP contribution < -0.4 is 16.4 Å². The number of rotatable bonds is 4. The molecule has 0 unspecified atom stereocenters. The molecule has 2 heterocycles. The van der Waals surface area contributed by atoms with Crippen molar-refractivity contribution in [3.8, 4) is 0 Å². The van der Waals surface area contributed by atoms with Crippen LogP contribution in [0.2, 0.25) is 0 Å². The predicted molar refractivity (Wildman–Crippen MR) is 78.6 cm³/mol. The molecule has 1 amide bonds. The molecular formula is C14H17N5O. The van der Waals surface area contributed by atoms with Crippen LogP contribution in [0, 0.1) is 0 Å². The van der Waals surface area contributed by atoms with Gasteiger partial charge in [0, 0.05) is 38.1 Å². The van der Waals surface area contributed by atoms with Crippen molar-refractivity contribution in [1.82, 2.24) is 9.55 Å². The Balaban J connectivity index is 1.68. The SMILES string of the molecule is Cn1ccnc1CCNc1cc2c(cc1N)CC(=O)N2. The summed E-state index contributed by atoms with van der Waals surface area (Å²) in [7, 11) is 1.97. The fourth-order valence-corrected chi connectivity index (χ4v) is 2.39. The molecule has 0 saturated heterocycles. The number of hydrogen-bond donors (Lipinski definition) is 3. The summed E-state index contributed by atoms with van der Waals surface area (Å²) >= 11 is 0. The highest BCUT2D eigenvalue weighted by Crippen LogP contribution is 2.31. The van der Waals surface area contributed by atoms with Crippen molar-refractivity contribution in [3.05, 3.63) is 35.9 Å². The summed E-state index contributed by atoms with van der Waals surface area (Å²) < 4.78 is 1.99. The van der Waals surface area contributed by atoms with Gasteiger partial charge in [0.05, 0.1) is 17.8 Å². The van der Waals surface area contributed by atoms with E-state index in [1.807, 2.05) is 29.9 Å². The van der Waals surface area contributed by atoms with Crippen molar-refractivity contribution >= 4 is 23.0 Å². The first-order valence-electron chi connectivity index (χ1n) is 6.56. The Kier molecular flexibility index (Phi) is 3.06. The Morgan fingerprint density at radius 2 is 2.35 bits per heavy atom. The average Bonchev–Trinajstić information content (AvgIpc) is 2.95. The number of benzene rings is 1. The van der Waals surface area contributed by atoms with Gasteiger partial charge in [-0.2, -0.15) is 0 Å². The maximum Gasteiger partial charge on any atom is 0.228 e. The fourth-order valence-electron chi connectivity index (χ4n) is 2.39. The number of aryl methyl sites for hydroxylation is 1. The molecule has 104 valence electrons. The highest BCUT2D eigenvalue weighted by atomic mass is 16.1. The summed E-state index contributed by atoms with van der Waals surface area (Å²) in [5.41, 5.74) is 9.33. The third kappa shape index (κ3) is 2.32. The number of hydrogen-bond acceptors (Lipinski definition) is 4. The smallest absolute Gasteiger partial charge is 0.228 e. The van der Waals surface area contributed by atoms with E-state index in [1.165, 1.54) is 0 Å². The predicted octanol–water partition coefficient (Wildman–Crippen LogP) is 1.15. The number of amides is 1. The van der Waals surface area contributed by atoms with E-state index in [4.69, 9.17) is 5.73 Å². The Labute approximate surface area is 117 Å². The van der Waals surface area contributed by atoms with Crippen LogP contribution in [0.1, 0.15) is 11.4 Å². The number of nitrogens with two attached hydrogens (primary N) is 1. The van der Waals surface area contributed by atoms with Crippen LogP contribution in [0.15, 0.2) is 24.5 Å². The van der Waals surface area contributed by atoms with Crippen molar-refractivity contribution in [3.63, 3.8) is 0 Å². The number of nitrogens with zero attached hydrogens (tertiary/aromatic N) is 2. The van der Waals surface area contributed by atoms with Gasteiger partial charge in [0.15, 0.2) is 0 Å². The first kappa shape index (κ1) is 12.5. The van der Waals surface area contributed by atoms with Gasteiger partial charge in [-0.15, -0.1) is 0 Å². The summed E-state index contributed by atoms with van der Waals surface area (Å²) in [5.74, 6) is 1.04. The second-order valence-electron chi connectivity index (χ2n) is 4.95. The molecule has 0 spiro atoms. The molecule has 1 aliphatic heterocycles. The van der Waals surface area contributed by atoms with E-state index in [0.717, 1.165) is 35.7 Å². The van der Waals surface area contributed by atoms with E-state index in [2.05, 4.69) is 15.6 Å². The van der Waals surface area contributed by atoms with Crippen molar-refractivity contribution in [1.29, 1.82) is 0 Å². The van der Waals surface area contributed by atoms with Crippen LogP contribution in [-0.4, -0.2) is 22.0 Å². The van der Waals surface area contributed by atoms with Gasteiger partial charge in [0.25, 0.3) is 0 Å². The quantitative estimate of drug-likeness (QED) is 0.728. The van der Waals surface area contributed by atoms with E-state index in [9.17, 15) is 4.79 Å². The molecular weight excluding hydrogens is 254 g/mol. The summed E-state index contributed by atoms with van der Waals surface area (Å²) in [6.45, 7) is 0.738. The summed E-state index contributed by atoms with van der Waals surface area (Å²) in [4.78, 5) is 15.6. The maximum atomic E-state index is 11.3. The Morgan fingerprint density at radius 1 is 1.50 bits per heavy atom. The van der Waals surface area contributed by atoms with Crippen LogP contribution >= 0.6 is 0 Å². The van der Waals surface area contributed by atoms with Crippen molar-refractivity contribution in [2.75, 3.05) is 22.9 Å². The number of anilines is 3. The number of fused-ring (bicyclic) bond motifs is 1. The van der Waals surface area contributed by atoms with E-state index >= 15 is 0 Å². The molecule has 3 rings (SSSR count). The third-order valence-electron chi connectivity index (χ3n) is 3.49. The molecule has 1 aromatic heterocycles. The molecule has 2 aromatic rings. The second-order valence-corrected chi connectivity index (χ2v) is 4.95. The fraction of sp³-hybridized carbons (Fsp3) is 0.286. The lowest BCUT2D eigenvalue weighted by Gasteiger charge is -2.11. The maximum absolute atomic E-state index is 11.3. The zero-order chi connectivity index (χ0) is 14.1. The molecule has 1 aliphatic rings. The minimum absolute atomic E-state index is 0.0181. The average molecular weight is 271 g/mol. The largest absolute Gasteiger partial charge is 0.397 e. The zero-order valence-corrected chi connectivity index (χ0v) is 11.3. The number of imidazole rings is 1. The summed E-state index contributed by atoms with van der Waals surface area (Å²) in [5, 5.41) is 6.12. The van der Waals surface area contributed by atoms with E-state index < -0.39 is 0 Å². The third-order valence-corrected chi connectivity index (χ3v) is 3.49. The van der Waals surface area contributed by atoms with Gasteiger partial charge in [-0.1, -0.05) is 0 Å². The number of carbonyl (C=O) groups is 1. The van der Waals surface area contributed by atoms with Crippen molar-refractivity contribution < 1.29 is 4.79 Å². The van der Waals surface area contributed by atoms with Crippen molar-refractivity contribution in [2.45, 2.75) is 12.8 Å². The van der Waals surface area contributed by atoms with E-state index in [0.29, 0.717) is 12.1 Å². The molecule has 1 aromatic carbocycles. The van der Waals surface area contributed by atoms with Gasteiger partial charge in [-0.05, 0) is 17.7 Å². The van der Waals surface area contributed by atoms with Crippen LogP contribution in [-0.2, 0) is 24.7 Å². The van der Waals surface area contributed by atoms with Crippen LogP contribution in [0.4, 0.5) is 17.1 Å². The van der Waals surface area contributed by atoms with E-state index in [1.54, 1.807) is 6.20 Å². The highest BCUT2D eigenvalue weighted by Gasteiger charge is 2.19. The summed E-state index contributed by atoms with van der Waals surface area (Å²) in [6.07, 6.45) is 4.93. The van der Waals surface area contributed by atoms with Crippen molar-refractivity contribution in [2.24, 2.45) is 7.05 Å². The van der Waals surface area contributed by atoms with Gasteiger partial charge < -0.3 is 20.9 Å². The lowest BCUT2D eigenvalue weighted by atomic mass is 10.1. The minimum Gasteiger partial charge on any atom is -0.397 e. The first-order valence-corrected chi connectivity index (χ1v) is 6.56. The number of nitrogen functional groups attached to an aromatic ring is 1. The zero-order valence-electron chi connectivity index (χ0n) is 11.3.